The van der Waals surface area contributed by atoms with E-state index in [9.17, 15) is 19.2 Å². The van der Waals surface area contributed by atoms with Crippen molar-refractivity contribution < 1.29 is 19.2 Å². The summed E-state index contributed by atoms with van der Waals surface area (Å²) < 4.78 is 13.3. The number of rotatable bonds is 7. The molecular formula is C21H21FN2O3. The number of carbonyl (C=O) groups excluding carboxylic acids is 2. The molecule has 1 aliphatic rings. The van der Waals surface area contributed by atoms with Crippen LogP contribution in [-0.2, 0) is 16.0 Å². The number of aryl methyl sites for hydroxylation is 1. The Bertz CT molecular complexity index is 889. The summed E-state index contributed by atoms with van der Waals surface area (Å²) in [6.07, 6.45) is 2.20. The van der Waals surface area contributed by atoms with Gasteiger partial charge in [-0.3, -0.25) is 14.8 Å². The summed E-state index contributed by atoms with van der Waals surface area (Å²) in [6, 6.07) is 11.2. The first-order valence-electron chi connectivity index (χ1n) is 8.75. The molecule has 5 nitrogen and oxygen atoms in total. The number of nitrogens with zero attached hydrogens (tertiary/aromatic N) is 1. The molecule has 0 unspecified atom stereocenters. The van der Waals surface area contributed by atoms with Gasteiger partial charge in [0.05, 0.1) is 6.04 Å². The van der Waals surface area contributed by atoms with Crippen molar-refractivity contribution in [3.05, 3.63) is 66.0 Å². The van der Waals surface area contributed by atoms with E-state index in [0.717, 1.165) is 34.6 Å². The Balaban J connectivity index is 1.89. The lowest BCUT2D eigenvalue weighted by Gasteiger charge is -2.16. The predicted octanol–water partition coefficient (Wildman–Crippen LogP) is 3.30. The zero-order valence-corrected chi connectivity index (χ0v) is 14.8. The molecular weight excluding hydrogens is 347 g/mol. The highest BCUT2D eigenvalue weighted by atomic mass is 19.1. The number of amides is 2. The number of carbonyl (C=O) groups is 2. The number of hydroxylamine groups is 2. The van der Waals surface area contributed by atoms with Crippen LogP contribution < -0.4 is 5.73 Å². The fourth-order valence-corrected chi connectivity index (χ4v) is 2.90. The van der Waals surface area contributed by atoms with Crippen molar-refractivity contribution >= 4 is 17.4 Å². The maximum atomic E-state index is 13.3. The molecule has 0 saturated heterocycles. The third kappa shape index (κ3) is 4.41. The molecule has 2 aromatic rings. The second-order valence-corrected chi connectivity index (χ2v) is 6.69. The van der Waals surface area contributed by atoms with Gasteiger partial charge in [0, 0.05) is 12.0 Å². The largest absolute Gasteiger partial charge is 0.366 e. The van der Waals surface area contributed by atoms with Gasteiger partial charge in [-0.2, -0.15) is 0 Å². The molecule has 0 bridgehead atoms. The van der Waals surface area contributed by atoms with Crippen LogP contribution in [0.25, 0.3) is 16.7 Å². The second-order valence-electron chi connectivity index (χ2n) is 6.69. The van der Waals surface area contributed by atoms with Crippen molar-refractivity contribution in [2.24, 2.45) is 5.73 Å². The van der Waals surface area contributed by atoms with E-state index in [1.807, 2.05) is 0 Å². The highest BCUT2D eigenvalue weighted by molar-refractivity contribution is 6.18. The normalized spacial score (nSPS) is 13.3. The minimum atomic E-state index is -0.622. The van der Waals surface area contributed by atoms with E-state index in [2.05, 4.69) is 6.58 Å². The van der Waals surface area contributed by atoms with E-state index < -0.39 is 5.91 Å². The van der Waals surface area contributed by atoms with E-state index in [1.165, 1.54) is 12.1 Å². The lowest BCUT2D eigenvalue weighted by Crippen LogP contribution is -2.29. The summed E-state index contributed by atoms with van der Waals surface area (Å²) in [5, 5.41) is 10.6. The van der Waals surface area contributed by atoms with Crippen LogP contribution in [0.5, 0.6) is 0 Å². The van der Waals surface area contributed by atoms with Gasteiger partial charge in [0.2, 0.25) is 11.8 Å². The molecule has 2 amide bonds. The Morgan fingerprint density at radius 3 is 2.44 bits per heavy atom. The first-order valence-corrected chi connectivity index (χ1v) is 8.75. The molecule has 2 aromatic carbocycles. The third-order valence-electron chi connectivity index (χ3n) is 4.67. The number of hydrogen-bond donors (Lipinski definition) is 2. The highest BCUT2D eigenvalue weighted by Crippen LogP contribution is 2.30. The fraction of sp³-hybridized carbons (Fsp3) is 0.238. The third-order valence-corrected chi connectivity index (χ3v) is 4.67. The van der Waals surface area contributed by atoms with Gasteiger partial charge in [0.1, 0.15) is 5.82 Å². The zero-order valence-electron chi connectivity index (χ0n) is 14.8. The van der Waals surface area contributed by atoms with Gasteiger partial charge in [-0.15, -0.1) is 0 Å². The molecule has 1 fully saturated rings. The van der Waals surface area contributed by atoms with Crippen LogP contribution in [0.15, 0.2) is 49.0 Å². The van der Waals surface area contributed by atoms with Crippen LogP contribution >= 0.6 is 0 Å². The fourth-order valence-electron chi connectivity index (χ4n) is 2.90. The Kier molecular flexibility index (Phi) is 5.37. The molecule has 27 heavy (non-hydrogen) atoms. The van der Waals surface area contributed by atoms with Gasteiger partial charge in [-0.1, -0.05) is 30.8 Å². The Morgan fingerprint density at radius 2 is 1.85 bits per heavy atom. The van der Waals surface area contributed by atoms with Crippen molar-refractivity contribution in [3.63, 3.8) is 0 Å². The van der Waals surface area contributed by atoms with E-state index in [0.29, 0.717) is 12.0 Å². The van der Waals surface area contributed by atoms with Gasteiger partial charge in [0.25, 0.3) is 0 Å². The van der Waals surface area contributed by atoms with Crippen molar-refractivity contribution in [1.29, 1.82) is 0 Å². The Hall–Kier alpha value is -2.99. The smallest absolute Gasteiger partial charge is 0.248 e. The minimum Gasteiger partial charge on any atom is -0.366 e. The van der Waals surface area contributed by atoms with E-state index in [-0.39, 0.29) is 29.8 Å². The van der Waals surface area contributed by atoms with E-state index in [1.54, 1.807) is 30.3 Å². The van der Waals surface area contributed by atoms with Crippen LogP contribution in [-0.4, -0.2) is 28.1 Å². The number of hydrogen-bond acceptors (Lipinski definition) is 3. The maximum Gasteiger partial charge on any atom is 0.248 e. The molecule has 0 radical (unpaired) electrons. The SMILES string of the molecule is C=C(C(N)=O)c1ccc(CCC(=O)N(O)C2CC2)c(-c2ccc(F)cc2)c1. The molecule has 140 valence electrons. The van der Waals surface area contributed by atoms with Crippen molar-refractivity contribution in [1.82, 2.24) is 5.06 Å². The molecule has 0 spiro atoms. The molecule has 1 saturated carbocycles. The first kappa shape index (κ1) is 18.8. The Morgan fingerprint density at radius 1 is 1.19 bits per heavy atom. The summed E-state index contributed by atoms with van der Waals surface area (Å²) in [7, 11) is 0. The summed E-state index contributed by atoms with van der Waals surface area (Å²) in [4.78, 5) is 23.5. The second kappa shape index (κ2) is 7.72. The number of benzene rings is 2. The van der Waals surface area contributed by atoms with Crippen LogP contribution in [0.1, 0.15) is 30.4 Å². The van der Waals surface area contributed by atoms with Crippen molar-refractivity contribution in [2.75, 3.05) is 0 Å². The first-order chi connectivity index (χ1) is 12.9. The number of primary amides is 1. The van der Waals surface area contributed by atoms with Crippen LogP contribution in [0.2, 0.25) is 0 Å². The molecule has 1 aliphatic carbocycles. The number of halogens is 1. The lowest BCUT2D eigenvalue weighted by molar-refractivity contribution is -0.167. The molecule has 6 heteroatoms. The van der Waals surface area contributed by atoms with Crippen LogP contribution in [0.3, 0.4) is 0 Å². The molecule has 0 aliphatic heterocycles. The van der Waals surface area contributed by atoms with Gasteiger partial charge in [-0.05, 0) is 59.7 Å². The predicted molar refractivity (Wildman–Crippen MR) is 100 cm³/mol. The summed E-state index contributed by atoms with van der Waals surface area (Å²) in [5.41, 5.74) is 8.42. The van der Waals surface area contributed by atoms with Crippen molar-refractivity contribution in [2.45, 2.75) is 31.7 Å². The van der Waals surface area contributed by atoms with Gasteiger partial charge in [-0.25, -0.2) is 9.45 Å². The average Bonchev–Trinajstić information content (AvgIpc) is 3.50. The zero-order chi connectivity index (χ0) is 19.6. The molecule has 3 rings (SSSR count). The standard InChI is InChI=1S/C21H21FN2O3/c1-13(21(23)26)16-3-2-14(6-11-20(25)24(27)18-9-10-18)19(12-16)15-4-7-17(22)8-5-15/h2-5,7-8,12,18,27H,1,6,9-11H2,(H2,23,26). The molecule has 0 heterocycles. The van der Waals surface area contributed by atoms with Crippen LogP contribution in [0.4, 0.5) is 4.39 Å². The molecule has 3 N–H and O–H groups in total. The Labute approximate surface area is 156 Å². The van der Waals surface area contributed by atoms with Crippen LogP contribution in [0, 0.1) is 5.82 Å². The van der Waals surface area contributed by atoms with E-state index >= 15 is 0 Å². The maximum absolute atomic E-state index is 13.3. The lowest BCUT2D eigenvalue weighted by atomic mass is 9.92. The molecule has 0 atom stereocenters. The minimum absolute atomic E-state index is 0.0599. The summed E-state index contributed by atoms with van der Waals surface area (Å²) in [5.74, 6) is -1.30. The highest BCUT2D eigenvalue weighted by Gasteiger charge is 2.31. The van der Waals surface area contributed by atoms with Gasteiger partial charge >= 0.3 is 0 Å². The summed E-state index contributed by atoms with van der Waals surface area (Å²) in [6.45, 7) is 3.70. The van der Waals surface area contributed by atoms with Gasteiger partial charge in [0.15, 0.2) is 0 Å². The molecule has 0 aromatic heterocycles. The van der Waals surface area contributed by atoms with E-state index in [4.69, 9.17) is 5.73 Å². The van der Waals surface area contributed by atoms with Crippen molar-refractivity contribution in [3.8, 4) is 11.1 Å². The monoisotopic (exact) mass is 368 g/mol. The summed E-state index contributed by atoms with van der Waals surface area (Å²) >= 11 is 0. The van der Waals surface area contributed by atoms with Gasteiger partial charge < -0.3 is 5.73 Å². The average molecular weight is 368 g/mol. The topological polar surface area (TPSA) is 83.6 Å². The number of nitrogens with two attached hydrogens (primary N) is 1. The quantitative estimate of drug-likeness (QED) is 0.447.